The van der Waals surface area contributed by atoms with Crippen molar-refractivity contribution in [2.24, 2.45) is 0 Å². The van der Waals surface area contributed by atoms with E-state index in [4.69, 9.17) is 9.47 Å². The average molecular weight is 407 g/mol. The number of unbranched alkanes of at least 4 members (excludes halogenated alkanes) is 5. The summed E-state index contributed by atoms with van der Waals surface area (Å²) < 4.78 is 37.3. The lowest BCUT2D eigenvalue weighted by atomic mass is 9.89. The van der Waals surface area contributed by atoms with Crippen molar-refractivity contribution >= 4 is 0 Å². The zero-order valence-electron chi connectivity index (χ0n) is 17.6. The van der Waals surface area contributed by atoms with Crippen molar-refractivity contribution in [3.8, 4) is 11.1 Å². The molecule has 0 heterocycles. The van der Waals surface area contributed by atoms with E-state index in [1.807, 2.05) is 24.3 Å². The maximum absolute atomic E-state index is 13.5. The molecule has 0 spiro atoms. The number of benzene rings is 2. The average Bonchev–Trinajstić information content (AvgIpc) is 2.75. The Morgan fingerprint density at radius 2 is 1.41 bits per heavy atom. The van der Waals surface area contributed by atoms with Gasteiger partial charge in [-0.1, -0.05) is 75.8 Å². The Hall–Kier alpha value is -1.82. The van der Waals surface area contributed by atoms with Gasteiger partial charge in [-0.3, -0.25) is 0 Å². The Bertz CT molecular complexity index is 742. The summed E-state index contributed by atoms with van der Waals surface area (Å²) in [4.78, 5) is 0. The molecule has 0 aliphatic rings. The number of rotatable bonds is 12. The molecule has 160 valence electrons. The number of aliphatic hydroxyl groups is 1. The predicted octanol–water partition coefficient (Wildman–Crippen LogP) is 6.40. The van der Waals surface area contributed by atoms with E-state index >= 15 is 0 Å². The molecule has 0 aromatic heterocycles. The Labute approximate surface area is 172 Å². The maximum Gasteiger partial charge on any atom is 0.287 e. The molecular weight excluding hydrogens is 374 g/mol. The van der Waals surface area contributed by atoms with Gasteiger partial charge in [0, 0.05) is 14.2 Å². The van der Waals surface area contributed by atoms with Gasteiger partial charge in [0.25, 0.3) is 5.97 Å². The summed E-state index contributed by atoms with van der Waals surface area (Å²) >= 11 is 0. The van der Waals surface area contributed by atoms with Crippen molar-refractivity contribution in [2.45, 2.75) is 63.8 Å². The van der Waals surface area contributed by atoms with Crippen molar-refractivity contribution in [1.29, 1.82) is 0 Å². The van der Waals surface area contributed by atoms with Crippen LogP contribution < -0.4 is 0 Å². The largest absolute Gasteiger partial charge is 0.343 e. The molecular formula is C24H32F2O3. The van der Waals surface area contributed by atoms with Crippen LogP contribution in [0.25, 0.3) is 11.1 Å². The zero-order chi connectivity index (χ0) is 21.3. The highest BCUT2D eigenvalue weighted by Crippen LogP contribution is 2.36. The van der Waals surface area contributed by atoms with Crippen LogP contribution in [0.4, 0.5) is 8.78 Å². The summed E-state index contributed by atoms with van der Waals surface area (Å²) in [5.74, 6) is -3.81. The van der Waals surface area contributed by atoms with Gasteiger partial charge in [-0.15, -0.1) is 0 Å². The monoisotopic (exact) mass is 406 g/mol. The summed E-state index contributed by atoms with van der Waals surface area (Å²) in [6.07, 6.45) is 7.61. The highest BCUT2D eigenvalue weighted by atomic mass is 19.2. The first-order chi connectivity index (χ1) is 13.9. The third-order valence-corrected chi connectivity index (χ3v) is 5.44. The van der Waals surface area contributed by atoms with Gasteiger partial charge in [0.15, 0.2) is 11.6 Å². The highest BCUT2D eigenvalue weighted by molar-refractivity contribution is 5.63. The van der Waals surface area contributed by atoms with Crippen LogP contribution in [-0.4, -0.2) is 25.3 Å². The van der Waals surface area contributed by atoms with Crippen molar-refractivity contribution < 1.29 is 23.4 Å². The number of methoxy groups -OCH3 is 2. The summed E-state index contributed by atoms with van der Waals surface area (Å²) in [6.45, 7) is 2.19. The maximum atomic E-state index is 13.5. The van der Waals surface area contributed by atoms with Gasteiger partial charge in [0.1, 0.15) is 0 Å². The first-order valence-corrected chi connectivity index (χ1v) is 10.3. The molecule has 0 radical (unpaired) electrons. The van der Waals surface area contributed by atoms with E-state index in [0.717, 1.165) is 36.5 Å². The first-order valence-electron chi connectivity index (χ1n) is 10.3. The van der Waals surface area contributed by atoms with E-state index < -0.39 is 17.6 Å². The molecule has 2 rings (SSSR count). The third kappa shape index (κ3) is 6.33. The molecule has 0 saturated carbocycles. The smallest absolute Gasteiger partial charge is 0.287 e. The summed E-state index contributed by atoms with van der Waals surface area (Å²) in [7, 11) is 2.85. The van der Waals surface area contributed by atoms with Crippen LogP contribution in [0.15, 0.2) is 42.5 Å². The third-order valence-electron chi connectivity index (χ3n) is 5.44. The molecule has 29 heavy (non-hydrogen) atoms. The molecule has 1 unspecified atom stereocenters. The highest BCUT2D eigenvalue weighted by Gasteiger charge is 2.38. The van der Waals surface area contributed by atoms with E-state index in [-0.39, 0.29) is 5.92 Å². The molecule has 3 nitrogen and oxygen atoms in total. The van der Waals surface area contributed by atoms with Gasteiger partial charge in [-0.2, -0.15) is 0 Å². The van der Waals surface area contributed by atoms with Crippen molar-refractivity contribution in [2.75, 3.05) is 14.2 Å². The van der Waals surface area contributed by atoms with Gasteiger partial charge in [-0.05, 0) is 35.2 Å². The quantitative estimate of drug-likeness (QED) is 0.327. The summed E-state index contributed by atoms with van der Waals surface area (Å²) in [6, 6.07) is 11.3. The van der Waals surface area contributed by atoms with Gasteiger partial charge in [0.05, 0.1) is 5.92 Å². The Morgan fingerprint density at radius 3 is 2.00 bits per heavy atom. The van der Waals surface area contributed by atoms with Crippen LogP contribution in [0, 0.1) is 11.6 Å². The second kappa shape index (κ2) is 11.4. The second-order valence-electron chi connectivity index (χ2n) is 7.40. The van der Waals surface area contributed by atoms with E-state index in [1.54, 1.807) is 6.07 Å². The molecule has 5 heteroatoms. The van der Waals surface area contributed by atoms with Gasteiger partial charge in [-0.25, -0.2) is 8.78 Å². The van der Waals surface area contributed by atoms with E-state index in [2.05, 4.69) is 6.92 Å². The topological polar surface area (TPSA) is 38.7 Å². The number of hydrogen-bond acceptors (Lipinski definition) is 3. The molecule has 2 aromatic carbocycles. The summed E-state index contributed by atoms with van der Waals surface area (Å²) in [5, 5.41) is 10.8. The fraction of sp³-hybridized carbons (Fsp3) is 0.500. The summed E-state index contributed by atoms with van der Waals surface area (Å²) in [5.41, 5.74) is 2.23. The molecule has 1 N–H and O–H groups in total. The van der Waals surface area contributed by atoms with Crippen LogP contribution >= 0.6 is 0 Å². The van der Waals surface area contributed by atoms with Gasteiger partial charge >= 0.3 is 0 Å². The standard InChI is InChI=1S/C24H32F2O3/c1-4-5-6-7-8-9-10-21(24(27,28-2)29-3)19-13-11-18(12-14-19)20-15-16-22(25)23(26)17-20/h11-17,21,27H,4-10H2,1-3H3. The lowest BCUT2D eigenvalue weighted by Gasteiger charge is -2.33. The van der Waals surface area contributed by atoms with Crippen molar-refractivity contribution in [3.63, 3.8) is 0 Å². The van der Waals surface area contributed by atoms with Crippen LogP contribution in [0.3, 0.4) is 0 Å². The molecule has 2 aromatic rings. The minimum Gasteiger partial charge on any atom is -0.343 e. The lowest BCUT2D eigenvalue weighted by Crippen LogP contribution is -2.40. The number of ether oxygens (including phenoxy) is 2. The minimum absolute atomic E-state index is 0.359. The van der Waals surface area contributed by atoms with Crippen molar-refractivity contribution in [1.82, 2.24) is 0 Å². The SMILES string of the molecule is CCCCCCCCC(c1ccc(-c2ccc(F)c(F)c2)cc1)C(O)(OC)OC. The van der Waals surface area contributed by atoms with Crippen LogP contribution in [0.2, 0.25) is 0 Å². The molecule has 0 aliphatic carbocycles. The van der Waals surface area contributed by atoms with E-state index in [9.17, 15) is 13.9 Å². The second-order valence-corrected chi connectivity index (χ2v) is 7.40. The number of halogens is 2. The molecule has 0 fully saturated rings. The van der Waals surface area contributed by atoms with Crippen LogP contribution in [-0.2, 0) is 9.47 Å². The predicted molar refractivity (Wildman–Crippen MR) is 111 cm³/mol. The molecule has 1 atom stereocenters. The fourth-order valence-corrected chi connectivity index (χ4v) is 3.64. The Kier molecular flexibility index (Phi) is 9.21. The Morgan fingerprint density at radius 1 is 0.828 bits per heavy atom. The lowest BCUT2D eigenvalue weighted by molar-refractivity contribution is -0.353. The van der Waals surface area contributed by atoms with Crippen LogP contribution in [0.1, 0.15) is 63.4 Å². The molecule has 0 saturated heterocycles. The van der Waals surface area contributed by atoms with E-state index in [0.29, 0.717) is 5.56 Å². The van der Waals surface area contributed by atoms with Gasteiger partial charge < -0.3 is 14.6 Å². The number of hydrogen-bond donors (Lipinski definition) is 1. The Balaban J connectivity index is 2.15. The van der Waals surface area contributed by atoms with Crippen molar-refractivity contribution in [3.05, 3.63) is 59.7 Å². The van der Waals surface area contributed by atoms with Crippen LogP contribution in [0.5, 0.6) is 0 Å². The minimum atomic E-state index is -1.72. The molecule has 0 amide bonds. The first kappa shape index (κ1) is 23.5. The zero-order valence-corrected chi connectivity index (χ0v) is 17.6. The normalized spacial score (nSPS) is 12.9. The fourth-order valence-electron chi connectivity index (χ4n) is 3.64. The molecule has 0 aliphatic heterocycles. The van der Waals surface area contributed by atoms with E-state index in [1.165, 1.54) is 46.0 Å². The van der Waals surface area contributed by atoms with Gasteiger partial charge in [0.2, 0.25) is 0 Å². The molecule has 0 bridgehead atoms.